The van der Waals surface area contributed by atoms with Crippen LogP contribution < -0.4 is 0 Å². The molecule has 0 saturated heterocycles. The number of benzene rings is 1. The number of aryl methyl sites for hydroxylation is 1. The minimum atomic E-state index is -0.507. The van der Waals surface area contributed by atoms with Crippen molar-refractivity contribution in [3.8, 4) is 0 Å². The van der Waals surface area contributed by atoms with Crippen LogP contribution in [-0.4, -0.2) is 10.1 Å². The fourth-order valence-corrected chi connectivity index (χ4v) is 1.59. The van der Waals surface area contributed by atoms with Gasteiger partial charge in [-0.25, -0.2) is 0 Å². The van der Waals surface area contributed by atoms with Crippen molar-refractivity contribution in [2.24, 2.45) is 0 Å². The summed E-state index contributed by atoms with van der Waals surface area (Å²) in [6.45, 7) is 1.53. The first-order chi connectivity index (χ1) is 8.58. The smallest absolute Gasteiger partial charge is 0.338 e. The summed E-state index contributed by atoms with van der Waals surface area (Å²) in [5.41, 5.74) is 1.01. The summed E-state index contributed by atoms with van der Waals surface area (Å²) in [6, 6.07) is 7.07. The molecule has 0 fully saturated rings. The summed E-state index contributed by atoms with van der Waals surface area (Å²) in [5.74, 6) is 0.132. The molecule has 2 rings (SSSR count). The highest BCUT2D eigenvalue weighted by atomic mass is 35.5. The van der Waals surface area contributed by atoms with Crippen molar-refractivity contribution in [3.63, 3.8) is 0 Å². The van der Waals surface area contributed by atoms with Gasteiger partial charge < -0.3 is 4.52 Å². The van der Waals surface area contributed by atoms with Crippen LogP contribution >= 0.6 is 11.6 Å². The maximum absolute atomic E-state index is 10.8. The molecule has 18 heavy (non-hydrogen) atoms. The molecule has 6 heteroatoms. The molecule has 0 bridgehead atoms. The standard InChI is InChI=1S/C12H9ClN2O3/c1-8-12(15(16)17)11(18-14-8)7-4-9-2-5-10(13)6-3-9/h2-7H,1H3/b7-4+. The maximum Gasteiger partial charge on any atom is 0.338 e. The van der Waals surface area contributed by atoms with Gasteiger partial charge in [0.15, 0.2) is 5.69 Å². The first-order valence-corrected chi connectivity index (χ1v) is 5.50. The van der Waals surface area contributed by atoms with Gasteiger partial charge in [-0.15, -0.1) is 0 Å². The van der Waals surface area contributed by atoms with Gasteiger partial charge in [-0.3, -0.25) is 10.1 Å². The van der Waals surface area contributed by atoms with Gasteiger partial charge in [0.05, 0.1) is 4.92 Å². The summed E-state index contributed by atoms with van der Waals surface area (Å²) >= 11 is 5.76. The second-order valence-corrected chi connectivity index (χ2v) is 4.06. The van der Waals surface area contributed by atoms with E-state index in [0.717, 1.165) is 5.56 Å². The van der Waals surface area contributed by atoms with Crippen LogP contribution in [0.3, 0.4) is 0 Å². The Bertz CT molecular complexity index is 602. The van der Waals surface area contributed by atoms with E-state index in [2.05, 4.69) is 5.16 Å². The van der Waals surface area contributed by atoms with Crippen molar-refractivity contribution in [1.82, 2.24) is 5.16 Å². The lowest BCUT2D eigenvalue weighted by atomic mass is 10.2. The Labute approximate surface area is 108 Å². The monoisotopic (exact) mass is 264 g/mol. The Morgan fingerprint density at radius 1 is 1.33 bits per heavy atom. The first-order valence-electron chi connectivity index (χ1n) is 5.12. The highest BCUT2D eigenvalue weighted by Gasteiger charge is 2.21. The SMILES string of the molecule is Cc1noc(/C=C/c2ccc(Cl)cc2)c1[N+](=O)[O-]. The summed E-state index contributed by atoms with van der Waals surface area (Å²) < 4.78 is 4.90. The van der Waals surface area contributed by atoms with E-state index >= 15 is 0 Å². The molecule has 0 aliphatic carbocycles. The van der Waals surface area contributed by atoms with Crippen LogP contribution in [-0.2, 0) is 0 Å². The third kappa shape index (κ3) is 2.57. The minimum absolute atomic E-state index is 0.111. The summed E-state index contributed by atoms with van der Waals surface area (Å²) in [6.07, 6.45) is 3.21. The van der Waals surface area contributed by atoms with Gasteiger partial charge in [0.1, 0.15) is 0 Å². The van der Waals surface area contributed by atoms with Gasteiger partial charge in [-0.1, -0.05) is 35.0 Å². The van der Waals surface area contributed by atoms with Crippen LogP contribution in [0.4, 0.5) is 5.69 Å². The summed E-state index contributed by atoms with van der Waals surface area (Å²) in [5, 5.41) is 15.0. The molecule has 0 unspecified atom stereocenters. The molecule has 1 aromatic heterocycles. The molecule has 1 aromatic carbocycles. The molecule has 0 atom stereocenters. The van der Waals surface area contributed by atoms with Crippen molar-refractivity contribution < 1.29 is 9.45 Å². The highest BCUT2D eigenvalue weighted by molar-refractivity contribution is 6.30. The number of hydrogen-bond donors (Lipinski definition) is 0. The Morgan fingerprint density at radius 3 is 2.61 bits per heavy atom. The molecule has 2 aromatic rings. The number of aromatic nitrogens is 1. The Balaban J connectivity index is 2.29. The molecule has 0 saturated carbocycles. The molecule has 0 spiro atoms. The number of rotatable bonds is 3. The lowest BCUT2D eigenvalue weighted by Gasteiger charge is -1.92. The molecule has 0 N–H and O–H groups in total. The predicted octanol–water partition coefficient (Wildman–Crippen LogP) is 3.72. The van der Waals surface area contributed by atoms with Gasteiger partial charge in [0, 0.05) is 5.02 Å². The average molecular weight is 265 g/mol. The van der Waals surface area contributed by atoms with E-state index < -0.39 is 4.92 Å². The lowest BCUT2D eigenvalue weighted by Crippen LogP contribution is -1.90. The zero-order valence-corrected chi connectivity index (χ0v) is 10.2. The number of halogens is 1. The van der Waals surface area contributed by atoms with E-state index in [0.29, 0.717) is 5.02 Å². The minimum Gasteiger partial charge on any atom is -0.349 e. The van der Waals surface area contributed by atoms with E-state index in [1.54, 1.807) is 30.3 Å². The van der Waals surface area contributed by atoms with E-state index in [1.165, 1.54) is 13.0 Å². The largest absolute Gasteiger partial charge is 0.349 e. The third-order valence-electron chi connectivity index (χ3n) is 2.34. The van der Waals surface area contributed by atoms with Crippen LogP contribution in [0.1, 0.15) is 17.0 Å². The quantitative estimate of drug-likeness (QED) is 0.626. The molecule has 1 heterocycles. The fourth-order valence-electron chi connectivity index (χ4n) is 1.46. The van der Waals surface area contributed by atoms with Gasteiger partial charge in [0.25, 0.3) is 0 Å². The van der Waals surface area contributed by atoms with E-state index in [4.69, 9.17) is 16.1 Å². The number of hydrogen-bond acceptors (Lipinski definition) is 4. The van der Waals surface area contributed by atoms with Crippen LogP contribution in [0, 0.1) is 17.0 Å². The maximum atomic E-state index is 10.8. The normalized spacial score (nSPS) is 11.0. The van der Waals surface area contributed by atoms with Crippen molar-refractivity contribution in [2.75, 3.05) is 0 Å². The summed E-state index contributed by atoms with van der Waals surface area (Å²) in [7, 11) is 0. The fraction of sp³-hybridized carbons (Fsp3) is 0.0833. The van der Waals surface area contributed by atoms with Gasteiger partial charge in [-0.05, 0) is 30.7 Å². The van der Waals surface area contributed by atoms with Crippen molar-refractivity contribution in [2.45, 2.75) is 6.92 Å². The van der Waals surface area contributed by atoms with Gasteiger partial charge in [-0.2, -0.15) is 0 Å². The van der Waals surface area contributed by atoms with Crippen LogP contribution in [0.5, 0.6) is 0 Å². The molecule has 0 radical (unpaired) electrons. The highest BCUT2D eigenvalue weighted by Crippen LogP contribution is 2.24. The van der Waals surface area contributed by atoms with Crippen molar-refractivity contribution in [3.05, 3.63) is 56.4 Å². The predicted molar refractivity (Wildman–Crippen MR) is 68.3 cm³/mol. The molecule has 92 valence electrons. The van der Waals surface area contributed by atoms with Crippen LogP contribution in [0.25, 0.3) is 12.2 Å². The van der Waals surface area contributed by atoms with Gasteiger partial charge >= 0.3 is 5.69 Å². The summed E-state index contributed by atoms with van der Waals surface area (Å²) in [4.78, 5) is 10.3. The van der Waals surface area contributed by atoms with E-state index in [-0.39, 0.29) is 17.1 Å². The molecular weight excluding hydrogens is 256 g/mol. The van der Waals surface area contributed by atoms with Crippen LogP contribution in [0.15, 0.2) is 28.8 Å². The van der Waals surface area contributed by atoms with Gasteiger partial charge in [0.2, 0.25) is 5.76 Å². The second-order valence-electron chi connectivity index (χ2n) is 3.62. The average Bonchev–Trinajstić information content (AvgIpc) is 2.70. The first kappa shape index (κ1) is 12.3. The van der Waals surface area contributed by atoms with Crippen molar-refractivity contribution >= 4 is 29.4 Å². The number of nitrogens with zero attached hydrogens (tertiary/aromatic N) is 2. The number of nitro groups is 1. The Hall–Kier alpha value is -2.14. The third-order valence-corrected chi connectivity index (χ3v) is 2.59. The zero-order chi connectivity index (χ0) is 13.1. The van der Waals surface area contributed by atoms with Crippen molar-refractivity contribution in [1.29, 1.82) is 0 Å². The Kier molecular flexibility index (Phi) is 3.43. The van der Waals surface area contributed by atoms with E-state index in [1.807, 2.05) is 0 Å². The molecule has 5 nitrogen and oxygen atoms in total. The molecular formula is C12H9ClN2O3. The lowest BCUT2D eigenvalue weighted by molar-refractivity contribution is -0.386. The molecule has 0 aliphatic heterocycles. The second kappa shape index (κ2) is 5.01. The topological polar surface area (TPSA) is 69.2 Å². The van der Waals surface area contributed by atoms with Crippen LogP contribution in [0.2, 0.25) is 5.02 Å². The van der Waals surface area contributed by atoms with E-state index in [9.17, 15) is 10.1 Å². The molecule has 0 amide bonds. The Morgan fingerprint density at radius 2 is 2.00 bits per heavy atom. The zero-order valence-electron chi connectivity index (χ0n) is 9.46. The molecule has 0 aliphatic rings.